The van der Waals surface area contributed by atoms with Crippen LogP contribution in [0.2, 0.25) is 0 Å². The van der Waals surface area contributed by atoms with Crippen LogP contribution in [0.5, 0.6) is 0 Å². The van der Waals surface area contributed by atoms with Crippen LogP contribution in [-0.4, -0.2) is 49.9 Å². The van der Waals surface area contributed by atoms with Crippen molar-refractivity contribution in [2.45, 2.75) is 12.8 Å². The zero-order valence-electron chi connectivity index (χ0n) is 12.5. The van der Waals surface area contributed by atoms with Gasteiger partial charge in [0.15, 0.2) is 0 Å². The van der Waals surface area contributed by atoms with Crippen molar-refractivity contribution in [2.24, 2.45) is 5.92 Å². The molecule has 1 aliphatic rings. The fraction of sp³-hybridized carbons (Fsp3) is 0.500. The molecule has 5 heteroatoms. The lowest BCUT2D eigenvalue weighted by molar-refractivity contribution is -0.131. The molecule has 0 spiro atoms. The van der Waals surface area contributed by atoms with Gasteiger partial charge in [0.05, 0.1) is 6.54 Å². The Balaban J connectivity index is 1.74. The van der Waals surface area contributed by atoms with Gasteiger partial charge < -0.3 is 15.5 Å². The monoisotopic (exact) mass is 289 g/mol. The van der Waals surface area contributed by atoms with Crippen LogP contribution in [-0.2, 0) is 4.79 Å². The van der Waals surface area contributed by atoms with Crippen LogP contribution in [0, 0.1) is 5.92 Å². The molecule has 0 unspecified atom stereocenters. The maximum Gasteiger partial charge on any atom is 0.251 e. The molecule has 1 aliphatic heterocycles. The summed E-state index contributed by atoms with van der Waals surface area (Å²) in [6, 6.07) is 8.95. The van der Waals surface area contributed by atoms with E-state index >= 15 is 0 Å². The predicted molar refractivity (Wildman–Crippen MR) is 82.0 cm³/mol. The van der Waals surface area contributed by atoms with Crippen LogP contribution in [0.25, 0.3) is 0 Å². The minimum atomic E-state index is -0.200. The second-order valence-electron chi connectivity index (χ2n) is 5.43. The molecule has 1 aromatic rings. The molecule has 2 rings (SSSR count). The van der Waals surface area contributed by atoms with Crippen LogP contribution in [0.15, 0.2) is 30.3 Å². The Morgan fingerprint density at radius 2 is 1.86 bits per heavy atom. The van der Waals surface area contributed by atoms with Gasteiger partial charge in [0, 0.05) is 18.7 Å². The van der Waals surface area contributed by atoms with Crippen LogP contribution < -0.4 is 10.6 Å². The van der Waals surface area contributed by atoms with Crippen LogP contribution in [0.3, 0.4) is 0 Å². The lowest BCUT2D eigenvalue weighted by atomic mass is 9.97. The van der Waals surface area contributed by atoms with E-state index in [0.29, 0.717) is 11.5 Å². The minimum Gasteiger partial charge on any atom is -0.343 e. The number of likely N-dealkylation sites (tertiary alicyclic amines) is 1. The van der Waals surface area contributed by atoms with Gasteiger partial charge >= 0.3 is 0 Å². The molecule has 0 bridgehead atoms. The summed E-state index contributed by atoms with van der Waals surface area (Å²) >= 11 is 0. The molecule has 0 atom stereocenters. The van der Waals surface area contributed by atoms with Crippen LogP contribution >= 0.6 is 0 Å². The number of amides is 2. The first kappa shape index (κ1) is 15.5. The van der Waals surface area contributed by atoms with E-state index in [1.165, 1.54) is 0 Å². The first-order valence-electron chi connectivity index (χ1n) is 7.46. The molecule has 0 saturated carbocycles. The normalized spacial score (nSPS) is 15.8. The van der Waals surface area contributed by atoms with E-state index in [1.807, 2.05) is 30.1 Å². The Bertz CT molecular complexity index is 468. The molecule has 1 heterocycles. The van der Waals surface area contributed by atoms with Gasteiger partial charge in [0.1, 0.15) is 0 Å². The summed E-state index contributed by atoms with van der Waals surface area (Å²) in [7, 11) is 1.96. The van der Waals surface area contributed by atoms with E-state index in [1.54, 1.807) is 12.1 Å². The zero-order valence-corrected chi connectivity index (χ0v) is 12.5. The van der Waals surface area contributed by atoms with Crippen molar-refractivity contribution in [2.75, 3.05) is 33.2 Å². The van der Waals surface area contributed by atoms with Gasteiger partial charge in [-0.05, 0) is 44.5 Å². The third-order valence-corrected chi connectivity index (χ3v) is 3.90. The molecule has 0 radical (unpaired) electrons. The Morgan fingerprint density at radius 3 is 2.48 bits per heavy atom. The number of benzene rings is 1. The molecule has 0 aliphatic carbocycles. The average molecular weight is 289 g/mol. The maximum atomic E-state index is 12.1. The van der Waals surface area contributed by atoms with Crippen molar-refractivity contribution >= 4 is 11.8 Å². The highest BCUT2D eigenvalue weighted by molar-refractivity contribution is 5.96. The number of nitrogens with one attached hydrogen (secondary N) is 2. The Morgan fingerprint density at radius 1 is 1.19 bits per heavy atom. The smallest absolute Gasteiger partial charge is 0.251 e. The number of piperidine rings is 1. The molecule has 2 amide bonds. The third-order valence-electron chi connectivity index (χ3n) is 3.90. The molecular formula is C16H23N3O2. The molecule has 114 valence electrons. The van der Waals surface area contributed by atoms with Gasteiger partial charge in [-0.2, -0.15) is 0 Å². The van der Waals surface area contributed by atoms with Gasteiger partial charge in [-0.15, -0.1) is 0 Å². The minimum absolute atomic E-state index is 0.00203. The number of carbonyl (C=O) groups is 2. The first-order chi connectivity index (χ1) is 10.2. The van der Waals surface area contributed by atoms with Crippen molar-refractivity contribution in [3.63, 3.8) is 0 Å². The summed E-state index contributed by atoms with van der Waals surface area (Å²) in [4.78, 5) is 25.8. The van der Waals surface area contributed by atoms with E-state index in [-0.39, 0.29) is 18.4 Å². The average Bonchev–Trinajstić information content (AvgIpc) is 2.54. The van der Waals surface area contributed by atoms with Crippen molar-refractivity contribution in [1.29, 1.82) is 0 Å². The van der Waals surface area contributed by atoms with Crippen molar-refractivity contribution in [1.82, 2.24) is 15.5 Å². The molecule has 21 heavy (non-hydrogen) atoms. The number of hydrogen-bond donors (Lipinski definition) is 2. The highest BCUT2D eigenvalue weighted by Gasteiger charge is 2.22. The summed E-state index contributed by atoms with van der Waals surface area (Å²) in [6.45, 7) is 2.65. The lowest BCUT2D eigenvalue weighted by Crippen LogP contribution is -2.45. The molecule has 1 saturated heterocycles. The summed E-state index contributed by atoms with van der Waals surface area (Å²) in [6.07, 6.45) is 2.05. The summed E-state index contributed by atoms with van der Waals surface area (Å²) in [5.74, 6) is 0.453. The summed E-state index contributed by atoms with van der Waals surface area (Å²) in [5.41, 5.74) is 0.582. The van der Waals surface area contributed by atoms with Gasteiger partial charge in [-0.1, -0.05) is 18.2 Å². The molecule has 2 N–H and O–H groups in total. The predicted octanol–water partition coefficient (Wildman–Crippen LogP) is 0.874. The number of carbonyl (C=O) groups excluding carboxylic acids is 2. The molecule has 5 nitrogen and oxygen atoms in total. The van der Waals surface area contributed by atoms with Crippen molar-refractivity contribution < 1.29 is 9.59 Å². The Hall–Kier alpha value is -1.88. The van der Waals surface area contributed by atoms with Gasteiger partial charge in [0.2, 0.25) is 5.91 Å². The van der Waals surface area contributed by atoms with E-state index < -0.39 is 0 Å². The van der Waals surface area contributed by atoms with Gasteiger partial charge in [-0.25, -0.2) is 0 Å². The van der Waals surface area contributed by atoms with E-state index in [4.69, 9.17) is 0 Å². The Kier molecular flexibility index (Phi) is 5.75. The summed E-state index contributed by atoms with van der Waals surface area (Å²) < 4.78 is 0. The van der Waals surface area contributed by atoms with Gasteiger partial charge in [-0.3, -0.25) is 9.59 Å². The number of rotatable bonds is 5. The fourth-order valence-corrected chi connectivity index (χ4v) is 2.63. The largest absolute Gasteiger partial charge is 0.343 e. The number of hydrogen-bond acceptors (Lipinski definition) is 3. The van der Waals surface area contributed by atoms with Gasteiger partial charge in [0.25, 0.3) is 5.91 Å². The maximum absolute atomic E-state index is 12.1. The van der Waals surface area contributed by atoms with Crippen molar-refractivity contribution in [3.8, 4) is 0 Å². The molecule has 1 fully saturated rings. The highest BCUT2D eigenvalue weighted by atomic mass is 16.2. The highest BCUT2D eigenvalue weighted by Crippen LogP contribution is 2.16. The second kappa shape index (κ2) is 7.78. The topological polar surface area (TPSA) is 61.4 Å². The zero-order chi connectivity index (χ0) is 15.1. The quantitative estimate of drug-likeness (QED) is 0.846. The molecular weight excluding hydrogens is 266 g/mol. The van der Waals surface area contributed by atoms with Crippen LogP contribution in [0.4, 0.5) is 0 Å². The van der Waals surface area contributed by atoms with E-state index in [9.17, 15) is 9.59 Å². The van der Waals surface area contributed by atoms with Crippen molar-refractivity contribution in [3.05, 3.63) is 35.9 Å². The first-order valence-corrected chi connectivity index (χ1v) is 7.46. The van der Waals surface area contributed by atoms with E-state index in [0.717, 1.165) is 32.5 Å². The SMILES string of the molecule is CNCC1CCN(C(=O)CNC(=O)c2ccccc2)CC1. The number of nitrogens with zero attached hydrogens (tertiary/aromatic N) is 1. The fourth-order valence-electron chi connectivity index (χ4n) is 2.63. The van der Waals surface area contributed by atoms with E-state index in [2.05, 4.69) is 10.6 Å². The summed E-state index contributed by atoms with van der Waals surface area (Å²) in [5, 5.41) is 5.87. The van der Waals surface area contributed by atoms with Crippen LogP contribution in [0.1, 0.15) is 23.2 Å². The molecule has 0 aromatic heterocycles. The standard InChI is InChI=1S/C16H23N3O2/c1-17-11-13-7-9-19(10-8-13)15(20)12-18-16(21)14-5-3-2-4-6-14/h2-6,13,17H,7-12H2,1H3,(H,18,21). The molecule has 1 aromatic carbocycles. The second-order valence-corrected chi connectivity index (χ2v) is 5.43. The Labute approximate surface area is 125 Å². The lowest BCUT2D eigenvalue weighted by Gasteiger charge is -2.32. The third kappa shape index (κ3) is 4.56.